The molecule has 5 saturated carbocycles. The van der Waals surface area contributed by atoms with E-state index in [1.807, 2.05) is 0 Å². The minimum absolute atomic E-state index is 0.0224. The summed E-state index contributed by atoms with van der Waals surface area (Å²) in [5.74, 6) is 1.84. The van der Waals surface area contributed by atoms with E-state index in [0.717, 1.165) is 58.0 Å². The maximum absolute atomic E-state index is 12.8. The van der Waals surface area contributed by atoms with Gasteiger partial charge in [0.2, 0.25) is 0 Å². The molecular formula is C38H65N3O6. The molecule has 47 heavy (non-hydrogen) atoms. The number of hydrogen-bond donors (Lipinski definition) is 3. The topological polar surface area (TPSA) is 109 Å². The molecule has 2 spiro atoms. The molecule has 0 aromatic rings. The van der Waals surface area contributed by atoms with Crippen LogP contribution >= 0.6 is 0 Å². The summed E-state index contributed by atoms with van der Waals surface area (Å²) in [6, 6.07) is 0.182. The van der Waals surface area contributed by atoms with Crippen molar-refractivity contribution < 1.29 is 28.9 Å². The van der Waals surface area contributed by atoms with Gasteiger partial charge in [-0.3, -0.25) is 0 Å². The molecule has 2 amide bonds. The van der Waals surface area contributed by atoms with Crippen molar-refractivity contribution in [2.24, 2.45) is 56.7 Å². The van der Waals surface area contributed by atoms with Gasteiger partial charge in [0.05, 0.1) is 18.2 Å². The van der Waals surface area contributed by atoms with Crippen LogP contribution in [0.4, 0.5) is 9.59 Å². The molecule has 1 saturated heterocycles. The van der Waals surface area contributed by atoms with Gasteiger partial charge in [-0.05, 0) is 104 Å². The van der Waals surface area contributed by atoms with Gasteiger partial charge in [0, 0.05) is 45.1 Å². The zero-order chi connectivity index (χ0) is 34.3. The van der Waals surface area contributed by atoms with E-state index < -0.39 is 0 Å². The predicted octanol–water partition coefficient (Wildman–Crippen LogP) is 6.23. The maximum atomic E-state index is 12.8. The molecule has 0 aromatic heterocycles. The Balaban J connectivity index is 1.19. The quantitative estimate of drug-likeness (QED) is 0.269. The summed E-state index contributed by atoms with van der Waals surface area (Å²) in [6.07, 6.45) is 8.08. The number of nitrogens with one attached hydrogen (secondary N) is 2. The summed E-state index contributed by atoms with van der Waals surface area (Å²) < 4.78 is 18.2. The Hall–Kier alpha value is -1.58. The highest BCUT2D eigenvalue weighted by Gasteiger charge is 2.83. The normalized spacial score (nSPS) is 43.6. The fourth-order valence-corrected chi connectivity index (χ4v) is 13.0. The largest absolute Gasteiger partial charge is 0.446 e. The number of alkyl carbamates (subject to hydrolysis) is 1. The maximum Gasteiger partial charge on any atom is 0.409 e. The van der Waals surface area contributed by atoms with E-state index in [2.05, 4.69) is 59.1 Å². The molecule has 268 valence electrons. The first-order chi connectivity index (χ1) is 22.0. The third kappa shape index (κ3) is 5.16. The first-order valence-electron chi connectivity index (χ1n) is 18.7. The average Bonchev–Trinajstić information content (AvgIpc) is 3.60. The molecule has 12 atom stereocenters. The number of ether oxygens (including phenoxy) is 3. The lowest BCUT2D eigenvalue weighted by Gasteiger charge is -2.63. The number of methoxy groups -OCH3 is 1. The highest BCUT2D eigenvalue weighted by atomic mass is 16.6. The highest BCUT2D eigenvalue weighted by molar-refractivity contribution is 5.68. The van der Waals surface area contributed by atoms with Crippen molar-refractivity contribution in [1.29, 1.82) is 0 Å². The van der Waals surface area contributed by atoms with Gasteiger partial charge in [-0.2, -0.15) is 0 Å². The van der Waals surface area contributed by atoms with Crippen molar-refractivity contribution >= 4 is 12.2 Å². The number of carbonyl (C=O) groups is 2. The number of aliphatic hydroxyl groups is 1. The van der Waals surface area contributed by atoms with Gasteiger partial charge < -0.3 is 34.9 Å². The van der Waals surface area contributed by atoms with Crippen LogP contribution in [-0.4, -0.2) is 86.9 Å². The van der Waals surface area contributed by atoms with Crippen LogP contribution in [0.3, 0.4) is 0 Å². The average molecular weight is 660 g/mol. The number of nitrogens with zero attached hydrogens (tertiary/aromatic N) is 1. The van der Waals surface area contributed by atoms with E-state index in [0.29, 0.717) is 29.1 Å². The first kappa shape index (κ1) is 35.3. The Morgan fingerprint density at radius 1 is 0.979 bits per heavy atom. The molecule has 1 aliphatic heterocycles. The summed E-state index contributed by atoms with van der Waals surface area (Å²) in [7, 11) is 5.17. The Kier molecular flexibility index (Phi) is 9.03. The van der Waals surface area contributed by atoms with E-state index in [-0.39, 0.29) is 70.2 Å². The van der Waals surface area contributed by atoms with Gasteiger partial charge in [0.15, 0.2) is 0 Å². The fraction of sp³-hybridized carbons (Fsp3) is 0.947. The molecule has 9 nitrogen and oxygen atoms in total. The van der Waals surface area contributed by atoms with Gasteiger partial charge in [-0.15, -0.1) is 0 Å². The molecule has 3 N–H and O–H groups in total. The zero-order valence-corrected chi connectivity index (χ0v) is 31.0. The molecule has 6 rings (SSSR count). The lowest BCUT2D eigenvalue weighted by atomic mass is 9.41. The van der Waals surface area contributed by atoms with Crippen molar-refractivity contribution in [2.45, 2.75) is 137 Å². The van der Waals surface area contributed by atoms with Crippen molar-refractivity contribution in [3.8, 4) is 0 Å². The molecule has 6 aliphatic rings. The predicted molar refractivity (Wildman–Crippen MR) is 182 cm³/mol. The summed E-state index contributed by atoms with van der Waals surface area (Å²) in [6.45, 7) is 17.8. The lowest BCUT2D eigenvalue weighted by Crippen LogP contribution is -2.60. The smallest absolute Gasteiger partial charge is 0.409 e. The van der Waals surface area contributed by atoms with Crippen molar-refractivity contribution in [2.75, 3.05) is 34.3 Å². The summed E-state index contributed by atoms with van der Waals surface area (Å²) in [5, 5.41) is 18.4. The Bertz CT molecular complexity index is 1210. The van der Waals surface area contributed by atoms with Crippen molar-refractivity contribution in [1.82, 2.24) is 15.5 Å². The van der Waals surface area contributed by atoms with E-state index in [9.17, 15) is 14.7 Å². The molecule has 9 heteroatoms. The van der Waals surface area contributed by atoms with E-state index >= 15 is 0 Å². The second kappa shape index (κ2) is 12.0. The van der Waals surface area contributed by atoms with Crippen LogP contribution in [0.25, 0.3) is 0 Å². The van der Waals surface area contributed by atoms with Crippen LogP contribution in [0.15, 0.2) is 0 Å². The van der Waals surface area contributed by atoms with Crippen molar-refractivity contribution in [3.05, 3.63) is 0 Å². The SMILES string of the molecule is COC(C[C@@H](C)[C@H]1C[C@H](O)[C@@]2(C)C3CCC4C(C)(C)[C@@H](OC(=O)NC5CNC5)CC[C@@]45CC35CC[C@]12C)[C@H](OC(=O)N(C)C)C(C)C. The van der Waals surface area contributed by atoms with E-state index in [1.54, 1.807) is 21.2 Å². The Labute approximate surface area is 284 Å². The van der Waals surface area contributed by atoms with Crippen LogP contribution in [-0.2, 0) is 14.2 Å². The monoisotopic (exact) mass is 659 g/mol. The summed E-state index contributed by atoms with van der Waals surface area (Å²) >= 11 is 0. The third-order valence-corrected chi connectivity index (χ3v) is 15.8. The molecule has 0 radical (unpaired) electrons. The number of fused-ring (bicyclic) bond motifs is 2. The lowest BCUT2D eigenvalue weighted by molar-refractivity contribution is -0.182. The second-order valence-electron chi connectivity index (χ2n) is 18.5. The summed E-state index contributed by atoms with van der Waals surface area (Å²) in [5.41, 5.74) is 0.374. The minimum Gasteiger partial charge on any atom is -0.446 e. The summed E-state index contributed by atoms with van der Waals surface area (Å²) in [4.78, 5) is 26.9. The number of carbonyl (C=O) groups excluding carboxylic acids is 2. The molecule has 0 bridgehead atoms. The van der Waals surface area contributed by atoms with Crippen LogP contribution in [0, 0.1) is 56.7 Å². The van der Waals surface area contributed by atoms with Crippen molar-refractivity contribution in [3.63, 3.8) is 0 Å². The molecule has 5 aliphatic carbocycles. The molecule has 6 fully saturated rings. The molecule has 0 aromatic carbocycles. The van der Waals surface area contributed by atoms with Crippen LogP contribution in [0.5, 0.6) is 0 Å². The van der Waals surface area contributed by atoms with Gasteiger partial charge in [0.1, 0.15) is 12.2 Å². The Morgan fingerprint density at radius 3 is 2.23 bits per heavy atom. The third-order valence-electron chi connectivity index (χ3n) is 15.8. The van der Waals surface area contributed by atoms with Crippen LogP contribution < -0.4 is 10.6 Å². The standard InChI is InChI=1S/C38H65N3O6/c1-22(2)31(47-33(44)41(8)9)26(45-10)17-23(3)25-18-29(42)36(7)28-12-11-27-34(4,5)30(46-32(43)40-24-19-39-20-24)13-14-37(27)21-38(28,37)16-15-35(25,36)6/h22-31,39,42H,11-21H2,1-10H3,(H,40,43)/t23-,25-,26?,27?,28?,29+,30+,31-,35-,36-,37-,38?/m1/s1. The minimum atomic E-state index is -0.334. The van der Waals surface area contributed by atoms with Gasteiger partial charge in [0.25, 0.3) is 0 Å². The number of hydrogen-bond acceptors (Lipinski definition) is 7. The second-order valence-corrected chi connectivity index (χ2v) is 18.5. The molecular weight excluding hydrogens is 594 g/mol. The molecule has 1 heterocycles. The van der Waals surface area contributed by atoms with Crippen LogP contribution in [0.2, 0.25) is 0 Å². The molecule has 4 unspecified atom stereocenters. The highest BCUT2D eigenvalue weighted by Crippen LogP contribution is 2.89. The fourth-order valence-electron chi connectivity index (χ4n) is 13.0. The van der Waals surface area contributed by atoms with E-state index in [4.69, 9.17) is 14.2 Å². The van der Waals surface area contributed by atoms with E-state index in [1.165, 1.54) is 17.7 Å². The first-order valence-corrected chi connectivity index (χ1v) is 18.7. The number of aliphatic hydroxyl groups excluding tert-OH is 1. The number of rotatable bonds is 9. The van der Waals surface area contributed by atoms with Gasteiger partial charge >= 0.3 is 12.2 Å². The van der Waals surface area contributed by atoms with Gasteiger partial charge in [-0.25, -0.2) is 9.59 Å². The van der Waals surface area contributed by atoms with Crippen LogP contribution in [0.1, 0.15) is 106 Å². The number of amides is 2. The van der Waals surface area contributed by atoms with Gasteiger partial charge in [-0.1, -0.05) is 48.5 Å². The zero-order valence-electron chi connectivity index (χ0n) is 31.0. The Morgan fingerprint density at radius 2 is 1.64 bits per heavy atom.